The van der Waals surface area contributed by atoms with Crippen molar-refractivity contribution in [2.24, 2.45) is 22.2 Å². The van der Waals surface area contributed by atoms with E-state index in [4.69, 9.17) is 17.2 Å². The van der Waals surface area contributed by atoms with Crippen molar-refractivity contribution in [3.05, 3.63) is 35.9 Å². The Bertz CT molecular complexity index is 751. The number of aliphatic imine (C=N–C) groups is 1. The average Bonchev–Trinajstić information content (AvgIpc) is 2.69. The summed E-state index contributed by atoms with van der Waals surface area (Å²) in [5.74, 6) is -2.37. The van der Waals surface area contributed by atoms with Crippen molar-refractivity contribution >= 4 is 23.7 Å². The molecule has 9 N–H and O–H groups in total. The summed E-state index contributed by atoms with van der Waals surface area (Å²) in [5, 5.41) is 14.7. The molecule has 0 saturated heterocycles. The monoisotopic (exact) mass is 420 g/mol. The molecule has 1 rings (SSSR count). The van der Waals surface area contributed by atoms with E-state index in [1.165, 1.54) is 0 Å². The molecule has 0 aliphatic heterocycles. The molecule has 0 heterocycles. The van der Waals surface area contributed by atoms with Gasteiger partial charge in [-0.05, 0) is 31.7 Å². The molecule has 0 aromatic heterocycles. The Hall–Kier alpha value is -3.14. The highest BCUT2D eigenvalue weighted by Gasteiger charge is 2.38. The van der Waals surface area contributed by atoms with Gasteiger partial charge in [-0.2, -0.15) is 0 Å². The van der Waals surface area contributed by atoms with Gasteiger partial charge in [0, 0.05) is 13.0 Å². The first-order valence-corrected chi connectivity index (χ1v) is 9.79. The van der Waals surface area contributed by atoms with Crippen molar-refractivity contribution in [2.75, 3.05) is 6.54 Å². The van der Waals surface area contributed by atoms with Crippen LogP contribution in [-0.2, 0) is 20.8 Å². The summed E-state index contributed by atoms with van der Waals surface area (Å²) in [6, 6.07) is 7.18. The van der Waals surface area contributed by atoms with Crippen molar-refractivity contribution in [3.8, 4) is 0 Å². The summed E-state index contributed by atoms with van der Waals surface area (Å²) in [7, 11) is 0. The lowest BCUT2D eigenvalue weighted by Gasteiger charge is -2.32. The quantitative estimate of drug-likeness (QED) is 0.149. The van der Waals surface area contributed by atoms with Crippen molar-refractivity contribution in [1.82, 2.24) is 10.6 Å². The highest BCUT2D eigenvalue weighted by atomic mass is 16.4. The van der Waals surface area contributed by atoms with Crippen LogP contribution in [0, 0.1) is 0 Å². The molecule has 30 heavy (non-hydrogen) atoms. The van der Waals surface area contributed by atoms with Crippen molar-refractivity contribution in [3.63, 3.8) is 0 Å². The van der Waals surface area contributed by atoms with Crippen LogP contribution in [0.5, 0.6) is 0 Å². The molecule has 1 aromatic carbocycles. The van der Waals surface area contributed by atoms with E-state index in [1.807, 2.05) is 30.3 Å². The number of nitrogens with zero attached hydrogens (tertiary/aromatic N) is 1. The molecule has 10 heteroatoms. The van der Waals surface area contributed by atoms with Gasteiger partial charge in [0.05, 0.1) is 6.04 Å². The van der Waals surface area contributed by atoms with Crippen molar-refractivity contribution < 1.29 is 19.5 Å². The van der Waals surface area contributed by atoms with E-state index in [9.17, 15) is 19.5 Å². The SMILES string of the molecule is CC[C@@H](N)C(=O)N[C@@](C)(Cc1ccccc1)C(=O)N[C@H](CCCN=C(N)N)C(=O)O. The van der Waals surface area contributed by atoms with Crippen LogP contribution in [0.2, 0.25) is 0 Å². The minimum Gasteiger partial charge on any atom is -0.480 e. The Labute approximate surface area is 176 Å². The van der Waals surface area contributed by atoms with E-state index in [1.54, 1.807) is 13.8 Å². The normalized spacial score (nSPS) is 14.6. The standard InChI is InChI=1S/C20H32N6O4/c1-3-14(21)16(27)26-20(2,12-13-8-5-4-6-9-13)18(30)25-15(17(28)29)10-7-11-24-19(22)23/h4-6,8-9,14-15H,3,7,10-12,21H2,1-2H3,(H,25,30)(H,26,27)(H,28,29)(H4,22,23,24)/t14-,15-,20+/m1/s1. The summed E-state index contributed by atoms with van der Waals surface area (Å²) in [5.41, 5.74) is 15.7. The second kappa shape index (κ2) is 11.8. The fourth-order valence-electron chi connectivity index (χ4n) is 2.81. The predicted octanol–water partition coefficient (Wildman–Crippen LogP) is -0.536. The lowest BCUT2D eigenvalue weighted by molar-refractivity contribution is -0.143. The molecule has 0 aliphatic rings. The molecule has 0 unspecified atom stereocenters. The van der Waals surface area contributed by atoms with Gasteiger partial charge in [0.2, 0.25) is 11.8 Å². The summed E-state index contributed by atoms with van der Waals surface area (Å²) < 4.78 is 0. The zero-order chi connectivity index (χ0) is 22.7. The number of benzene rings is 1. The number of amides is 2. The van der Waals surface area contributed by atoms with Gasteiger partial charge in [-0.15, -0.1) is 0 Å². The first kappa shape index (κ1) is 24.9. The maximum Gasteiger partial charge on any atom is 0.326 e. The molecule has 0 radical (unpaired) electrons. The van der Waals surface area contributed by atoms with Crippen LogP contribution in [0.25, 0.3) is 0 Å². The first-order valence-electron chi connectivity index (χ1n) is 9.79. The molecule has 2 amide bonds. The Kier molecular flexibility index (Phi) is 9.76. The van der Waals surface area contributed by atoms with Gasteiger partial charge in [0.15, 0.2) is 5.96 Å². The molecule has 10 nitrogen and oxygen atoms in total. The molecular formula is C20H32N6O4. The zero-order valence-electron chi connectivity index (χ0n) is 17.4. The number of hydrogen-bond acceptors (Lipinski definition) is 5. The smallest absolute Gasteiger partial charge is 0.326 e. The van der Waals surface area contributed by atoms with Gasteiger partial charge in [0.1, 0.15) is 11.6 Å². The van der Waals surface area contributed by atoms with Crippen LogP contribution in [0.1, 0.15) is 38.7 Å². The van der Waals surface area contributed by atoms with Crippen LogP contribution in [0.4, 0.5) is 0 Å². The largest absolute Gasteiger partial charge is 0.480 e. The molecule has 166 valence electrons. The van der Waals surface area contributed by atoms with E-state index in [2.05, 4.69) is 15.6 Å². The third-order valence-electron chi connectivity index (χ3n) is 4.63. The number of rotatable bonds is 12. The minimum atomic E-state index is -1.39. The number of carbonyl (C=O) groups is 3. The first-order chi connectivity index (χ1) is 14.1. The maximum atomic E-state index is 13.1. The third-order valence-corrected chi connectivity index (χ3v) is 4.63. The lowest BCUT2D eigenvalue weighted by atomic mass is 9.90. The number of hydrogen-bond donors (Lipinski definition) is 6. The van der Waals surface area contributed by atoms with E-state index in [-0.39, 0.29) is 25.3 Å². The van der Waals surface area contributed by atoms with E-state index < -0.39 is 35.4 Å². The third kappa shape index (κ3) is 8.08. The fraction of sp³-hybridized carbons (Fsp3) is 0.500. The molecule has 0 fully saturated rings. The van der Waals surface area contributed by atoms with Crippen molar-refractivity contribution in [1.29, 1.82) is 0 Å². The second-order valence-corrected chi connectivity index (χ2v) is 7.31. The second-order valence-electron chi connectivity index (χ2n) is 7.31. The van der Waals surface area contributed by atoms with Crippen LogP contribution >= 0.6 is 0 Å². The summed E-state index contributed by atoms with van der Waals surface area (Å²) >= 11 is 0. The zero-order valence-corrected chi connectivity index (χ0v) is 17.4. The number of carboxylic acids is 1. The van der Waals surface area contributed by atoms with E-state index >= 15 is 0 Å². The summed E-state index contributed by atoms with van der Waals surface area (Å²) in [4.78, 5) is 40.9. The number of guanidine groups is 1. The Morgan fingerprint density at radius 2 is 1.83 bits per heavy atom. The van der Waals surface area contributed by atoms with Gasteiger partial charge >= 0.3 is 5.97 Å². The Morgan fingerprint density at radius 1 is 1.20 bits per heavy atom. The highest BCUT2D eigenvalue weighted by molar-refractivity contribution is 5.94. The lowest BCUT2D eigenvalue weighted by Crippen LogP contribution is -2.62. The molecule has 0 spiro atoms. The number of aliphatic carboxylic acids is 1. The summed E-state index contributed by atoms with van der Waals surface area (Å²) in [6.07, 6.45) is 1.05. The molecule has 3 atom stereocenters. The van der Waals surface area contributed by atoms with E-state index in [0.717, 1.165) is 5.56 Å². The molecule has 1 aromatic rings. The Morgan fingerprint density at radius 3 is 2.37 bits per heavy atom. The van der Waals surface area contributed by atoms with Gasteiger partial charge in [0.25, 0.3) is 0 Å². The van der Waals surface area contributed by atoms with Crippen LogP contribution < -0.4 is 27.8 Å². The number of carboxylic acid groups (broad SMARTS) is 1. The van der Waals surface area contributed by atoms with Crippen LogP contribution in [0.3, 0.4) is 0 Å². The molecule has 0 bridgehead atoms. The van der Waals surface area contributed by atoms with E-state index in [0.29, 0.717) is 12.8 Å². The summed E-state index contributed by atoms with van der Waals surface area (Å²) in [6.45, 7) is 3.55. The number of nitrogens with two attached hydrogens (primary N) is 3. The predicted molar refractivity (Wildman–Crippen MR) is 114 cm³/mol. The average molecular weight is 421 g/mol. The topological polar surface area (TPSA) is 186 Å². The van der Waals surface area contributed by atoms with Gasteiger partial charge in [-0.3, -0.25) is 14.6 Å². The Balaban J connectivity index is 2.99. The molecule has 0 saturated carbocycles. The van der Waals surface area contributed by atoms with Gasteiger partial charge in [-0.25, -0.2) is 4.79 Å². The van der Waals surface area contributed by atoms with Crippen molar-refractivity contribution in [2.45, 2.75) is 57.2 Å². The minimum absolute atomic E-state index is 0.0867. The van der Waals surface area contributed by atoms with Crippen LogP contribution in [0.15, 0.2) is 35.3 Å². The van der Waals surface area contributed by atoms with Crippen LogP contribution in [-0.4, -0.2) is 53.0 Å². The highest BCUT2D eigenvalue weighted by Crippen LogP contribution is 2.15. The van der Waals surface area contributed by atoms with Gasteiger partial charge < -0.3 is 32.9 Å². The van der Waals surface area contributed by atoms with Gasteiger partial charge in [-0.1, -0.05) is 37.3 Å². The molecular weight excluding hydrogens is 388 g/mol. The number of carbonyl (C=O) groups excluding carboxylic acids is 2. The fourth-order valence-corrected chi connectivity index (χ4v) is 2.81. The maximum absolute atomic E-state index is 13.1. The molecule has 0 aliphatic carbocycles. The number of nitrogens with one attached hydrogen (secondary N) is 2.